The molecule has 0 spiro atoms. The number of pyridine rings is 1. The quantitative estimate of drug-likeness (QED) is 0.513. The molecule has 160 valence electrons. The van der Waals surface area contributed by atoms with Crippen LogP contribution in [0.5, 0.6) is 5.75 Å². The summed E-state index contributed by atoms with van der Waals surface area (Å²) in [4.78, 5) is 17.0. The number of hydrogen-bond donors (Lipinski definition) is 0. The van der Waals surface area contributed by atoms with Gasteiger partial charge in [0.2, 0.25) is 9.84 Å². The number of nitrogens with zero attached hydrogens (tertiary/aromatic N) is 2. The van der Waals surface area contributed by atoms with E-state index in [0.717, 1.165) is 30.3 Å². The van der Waals surface area contributed by atoms with Gasteiger partial charge in [0.25, 0.3) is 5.91 Å². The van der Waals surface area contributed by atoms with Crippen molar-refractivity contribution in [1.82, 2.24) is 4.98 Å². The summed E-state index contributed by atoms with van der Waals surface area (Å²) >= 11 is 0. The Morgan fingerprint density at radius 1 is 1.00 bits per heavy atom. The SMILES string of the molecule is C=CC(=O)N(c1ccc(S(=O)(=O)c2cccc(OC(F)(F)F)c2)cc1)c1cccnc1. The molecule has 1 heterocycles. The maximum Gasteiger partial charge on any atom is 0.573 e. The summed E-state index contributed by atoms with van der Waals surface area (Å²) in [5.41, 5.74) is 0.797. The van der Waals surface area contributed by atoms with Crippen molar-refractivity contribution in [3.05, 3.63) is 85.7 Å². The molecule has 6 nitrogen and oxygen atoms in total. The minimum Gasteiger partial charge on any atom is -0.406 e. The van der Waals surface area contributed by atoms with E-state index >= 15 is 0 Å². The van der Waals surface area contributed by atoms with Crippen molar-refractivity contribution in [2.24, 2.45) is 0 Å². The molecule has 0 unspecified atom stereocenters. The minimum atomic E-state index is -4.95. The van der Waals surface area contributed by atoms with Crippen molar-refractivity contribution in [1.29, 1.82) is 0 Å². The molecule has 0 radical (unpaired) electrons. The summed E-state index contributed by atoms with van der Waals surface area (Å²) in [7, 11) is -4.13. The Morgan fingerprint density at radius 2 is 1.71 bits per heavy atom. The fourth-order valence-electron chi connectivity index (χ4n) is 2.73. The van der Waals surface area contributed by atoms with Gasteiger partial charge in [-0.15, -0.1) is 13.2 Å². The highest BCUT2D eigenvalue weighted by Crippen LogP contribution is 2.30. The third-order valence-electron chi connectivity index (χ3n) is 4.05. The van der Waals surface area contributed by atoms with Crippen LogP contribution in [-0.4, -0.2) is 25.7 Å². The molecule has 0 aliphatic heterocycles. The number of amides is 1. The van der Waals surface area contributed by atoms with E-state index in [2.05, 4.69) is 16.3 Å². The number of benzene rings is 2. The van der Waals surface area contributed by atoms with E-state index in [9.17, 15) is 26.4 Å². The van der Waals surface area contributed by atoms with E-state index in [1.807, 2.05) is 0 Å². The Labute approximate surface area is 176 Å². The number of halogens is 3. The fraction of sp³-hybridized carbons (Fsp3) is 0.0476. The number of alkyl halides is 3. The van der Waals surface area contributed by atoms with Gasteiger partial charge in [-0.05, 0) is 60.7 Å². The first-order valence-electron chi connectivity index (χ1n) is 8.69. The van der Waals surface area contributed by atoms with Gasteiger partial charge in [0.05, 0.1) is 21.7 Å². The van der Waals surface area contributed by atoms with Crippen molar-refractivity contribution in [2.75, 3.05) is 4.90 Å². The van der Waals surface area contributed by atoms with E-state index in [-0.39, 0.29) is 9.79 Å². The minimum absolute atomic E-state index is 0.169. The van der Waals surface area contributed by atoms with Crippen LogP contribution in [-0.2, 0) is 14.6 Å². The zero-order chi connectivity index (χ0) is 22.6. The van der Waals surface area contributed by atoms with Crippen molar-refractivity contribution in [2.45, 2.75) is 16.2 Å². The maximum atomic E-state index is 12.8. The second kappa shape index (κ2) is 8.60. The molecule has 0 bridgehead atoms. The number of ether oxygens (including phenoxy) is 1. The summed E-state index contributed by atoms with van der Waals surface area (Å²) in [5.74, 6) is -1.11. The molecule has 3 aromatic rings. The molecular formula is C21H15F3N2O4S. The van der Waals surface area contributed by atoms with Gasteiger partial charge in [-0.1, -0.05) is 12.6 Å². The van der Waals surface area contributed by atoms with E-state index in [1.54, 1.807) is 12.1 Å². The molecule has 1 aromatic heterocycles. The molecule has 2 aromatic carbocycles. The Hall–Kier alpha value is -3.66. The summed E-state index contributed by atoms with van der Waals surface area (Å²) in [6.45, 7) is 3.46. The molecule has 0 saturated carbocycles. The zero-order valence-electron chi connectivity index (χ0n) is 15.8. The number of carbonyl (C=O) groups excluding carboxylic acids is 1. The van der Waals surface area contributed by atoms with Crippen LogP contribution in [0.2, 0.25) is 0 Å². The van der Waals surface area contributed by atoms with Crippen LogP contribution in [0, 0.1) is 0 Å². The first-order valence-corrected chi connectivity index (χ1v) is 10.2. The highest BCUT2D eigenvalue weighted by atomic mass is 32.2. The van der Waals surface area contributed by atoms with Gasteiger partial charge in [-0.2, -0.15) is 0 Å². The van der Waals surface area contributed by atoms with Crippen molar-refractivity contribution in [3.8, 4) is 5.75 Å². The normalized spacial score (nSPS) is 11.6. The monoisotopic (exact) mass is 448 g/mol. The number of aromatic nitrogens is 1. The van der Waals surface area contributed by atoms with Gasteiger partial charge in [0, 0.05) is 11.9 Å². The molecule has 3 rings (SSSR count). The van der Waals surface area contributed by atoms with Gasteiger partial charge in [-0.3, -0.25) is 14.7 Å². The Morgan fingerprint density at radius 3 is 2.29 bits per heavy atom. The lowest BCUT2D eigenvalue weighted by Gasteiger charge is -2.21. The topological polar surface area (TPSA) is 76.6 Å². The van der Waals surface area contributed by atoms with E-state index < -0.39 is 27.9 Å². The van der Waals surface area contributed by atoms with Crippen molar-refractivity contribution < 1.29 is 31.1 Å². The van der Waals surface area contributed by atoms with Crippen LogP contribution < -0.4 is 9.64 Å². The third-order valence-corrected chi connectivity index (χ3v) is 5.82. The van der Waals surface area contributed by atoms with Crippen LogP contribution in [0.4, 0.5) is 24.5 Å². The molecule has 31 heavy (non-hydrogen) atoms. The Kier molecular flexibility index (Phi) is 6.11. The lowest BCUT2D eigenvalue weighted by atomic mass is 10.2. The first-order chi connectivity index (χ1) is 14.6. The van der Waals surface area contributed by atoms with Crippen molar-refractivity contribution in [3.63, 3.8) is 0 Å². The number of hydrogen-bond acceptors (Lipinski definition) is 5. The van der Waals surface area contributed by atoms with Crippen LogP contribution >= 0.6 is 0 Å². The smallest absolute Gasteiger partial charge is 0.406 e. The fourth-order valence-corrected chi connectivity index (χ4v) is 4.03. The summed E-state index contributed by atoms with van der Waals surface area (Å²) < 4.78 is 66.8. The van der Waals surface area contributed by atoms with E-state index in [0.29, 0.717) is 11.4 Å². The third kappa shape index (κ3) is 5.10. The molecule has 0 aliphatic rings. The van der Waals surface area contributed by atoms with E-state index in [1.165, 1.54) is 41.6 Å². The zero-order valence-corrected chi connectivity index (χ0v) is 16.6. The lowest BCUT2D eigenvalue weighted by molar-refractivity contribution is -0.274. The predicted octanol–water partition coefficient (Wildman–Crippen LogP) is 4.66. The molecule has 0 N–H and O–H groups in total. The Bertz CT molecular complexity index is 1200. The lowest BCUT2D eigenvalue weighted by Crippen LogP contribution is -2.23. The summed E-state index contributed by atoms with van der Waals surface area (Å²) in [6, 6.07) is 12.7. The molecule has 0 saturated heterocycles. The number of carbonyl (C=O) groups is 1. The molecule has 0 aliphatic carbocycles. The number of anilines is 2. The molecule has 0 atom stereocenters. The van der Waals surface area contributed by atoms with Gasteiger partial charge in [-0.25, -0.2) is 8.42 Å². The average molecular weight is 448 g/mol. The van der Waals surface area contributed by atoms with Crippen molar-refractivity contribution >= 4 is 27.1 Å². The average Bonchev–Trinajstić information content (AvgIpc) is 2.74. The highest BCUT2D eigenvalue weighted by Gasteiger charge is 2.31. The largest absolute Gasteiger partial charge is 0.573 e. The molecule has 10 heteroatoms. The highest BCUT2D eigenvalue weighted by molar-refractivity contribution is 7.91. The van der Waals surface area contributed by atoms with Gasteiger partial charge < -0.3 is 4.74 Å². The molecule has 0 fully saturated rings. The second-order valence-electron chi connectivity index (χ2n) is 6.11. The Balaban J connectivity index is 1.95. The molecule has 1 amide bonds. The first kappa shape index (κ1) is 22.0. The van der Waals surface area contributed by atoms with Crippen LogP contribution in [0.25, 0.3) is 0 Å². The summed E-state index contributed by atoms with van der Waals surface area (Å²) in [6.07, 6.45) is -0.855. The van der Waals surface area contributed by atoms with Gasteiger partial charge >= 0.3 is 6.36 Å². The maximum absolute atomic E-state index is 12.8. The van der Waals surface area contributed by atoms with E-state index in [4.69, 9.17) is 0 Å². The van der Waals surface area contributed by atoms with Gasteiger partial charge in [0.15, 0.2) is 0 Å². The predicted molar refractivity (Wildman–Crippen MR) is 107 cm³/mol. The summed E-state index contributed by atoms with van der Waals surface area (Å²) in [5, 5.41) is 0. The second-order valence-corrected chi connectivity index (χ2v) is 8.06. The number of sulfone groups is 1. The van der Waals surface area contributed by atoms with Crippen LogP contribution in [0.15, 0.2) is 95.5 Å². The van der Waals surface area contributed by atoms with Crippen LogP contribution in [0.3, 0.4) is 0 Å². The standard InChI is InChI=1S/C21H15F3N2O4S/c1-2-20(27)26(16-5-4-12-25-14-16)15-8-10-18(11-9-15)31(28,29)19-7-3-6-17(13-19)30-21(22,23)24/h2-14H,1H2. The van der Waals surface area contributed by atoms with Gasteiger partial charge in [0.1, 0.15) is 5.75 Å². The molecular weight excluding hydrogens is 433 g/mol. The number of rotatable bonds is 6. The van der Waals surface area contributed by atoms with Crippen LogP contribution in [0.1, 0.15) is 0 Å².